The van der Waals surface area contributed by atoms with E-state index in [9.17, 15) is 14.4 Å². The fourth-order valence-corrected chi connectivity index (χ4v) is 4.48. The average molecular weight is 458 g/mol. The lowest BCUT2D eigenvalue weighted by Crippen LogP contribution is -2.70. The second kappa shape index (κ2) is 9.29. The zero-order valence-corrected chi connectivity index (χ0v) is 17.4. The van der Waals surface area contributed by atoms with Crippen LogP contribution in [-0.2, 0) is 24.0 Å². The number of nitrogens with zero attached hydrogens (tertiary/aromatic N) is 3. The highest BCUT2D eigenvalue weighted by Gasteiger charge is 2.53. The number of anilines is 1. The van der Waals surface area contributed by atoms with Gasteiger partial charge in [0.15, 0.2) is 10.8 Å². The van der Waals surface area contributed by atoms with Crippen molar-refractivity contribution in [3.05, 3.63) is 34.5 Å². The molecule has 0 saturated carbocycles. The molecule has 0 radical (unpaired) electrons. The molecular formula is C16H16ClN5O5S2. The number of thiazole rings is 1. The molecule has 2 amide bonds. The number of oxime groups is 1. The molecular weight excluding hydrogens is 442 g/mol. The Bertz CT molecular complexity index is 915. The first-order chi connectivity index (χ1) is 14.0. The van der Waals surface area contributed by atoms with Crippen LogP contribution in [-0.4, -0.2) is 64.3 Å². The van der Waals surface area contributed by atoms with Crippen molar-refractivity contribution in [1.29, 1.82) is 0 Å². The van der Waals surface area contributed by atoms with E-state index in [1.54, 1.807) is 11.5 Å². The lowest BCUT2D eigenvalue weighted by atomic mass is 10.0. The molecule has 2 aliphatic rings. The van der Waals surface area contributed by atoms with Crippen molar-refractivity contribution in [2.45, 2.75) is 11.4 Å². The third-order valence-electron chi connectivity index (χ3n) is 3.90. The number of nitrogen functional groups attached to an aromatic ring is 1. The topological polar surface area (TPSA) is 136 Å². The predicted octanol–water partition coefficient (Wildman–Crippen LogP) is 0.655. The van der Waals surface area contributed by atoms with Gasteiger partial charge in [0.25, 0.3) is 11.8 Å². The van der Waals surface area contributed by atoms with Crippen LogP contribution in [0.3, 0.4) is 0 Å². The molecule has 0 aliphatic carbocycles. The van der Waals surface area contributed by atoms with Crippen molar-refractivity contribution >= 4 is 63.3 Å². The van der Waals surface area contributed by atoms with E-state index in [-0.39, 0.29) is 28.8 Å². The summed E-state index contributed by atoms with van der Waals surface area (Å²) in [7, 11) is 1.29. The van der Waals surface area contributed by atoms with Crippen LogP contribution in [0.5, 0.6) is 0 Å². The van der Waals surface area contributed by atoms with Gasteiger partial charge < -0.3 is 20.6 Å². The van der Waals surface area contributed by atoms with Crippen molar-refractivity contribution in [2.24, 2.45) is 5.16 Å². The van der Waals surface area contributed by atoms with E-state index in [1.165, 1.54) is 35.4 Å². The summed E-state index contributed by atoms with van der Waals surface area (Å²) in [5.74, 6) is -1.22. The lowest BCUT2D eigenvalue weighted by molar-refractivity contribution is -0.151. The first kappa shape index (κ1) is 21.1. The first-order valence-corrected chi connectivity index (χ1v) is 10.5. The quantitative estimate of drug-likeness (QED) is 0.263. The van der Waals surface area contributed by atoms with Crippen LogP contribution in [0, 0.1) is 0 Å². The lowest BCUT2D eigenvalue weighted by Gasteiger charge is -2.48. The maximum atomic E-state index is 12.7. The largest absolute Gasteiger partial charge is 0.457 e. The minimum absolute atomic E-state index is 0.00665. The molecule has 1 unspecified atom stereocenters. The van der Waals surface area contributed by atoms with Crippen LogP contribution in [0.2, 0.25) is 0 Å². The van der Waals surface area contributed by atoms with E-state index in [1.807, 2.05) is 0 Å². The number of fused-ring (bicyclic) bond motifs is 1. The molecule has 0 bridgehead atoms. The van der Waals surface area contributed by atoms with Gasteiger partial charge in [0, 0.05) is 16.7 Å². The Labute approximate surface area is 178 Å². The van der Waals surface area contributed by atoms with Crippen LogP contribution >= 0.6 is 34.7 Å². The SMILES string of the molecule is CO/N=C(\C(=O)NC1C(=O)N2C(C(=O)OC/C=C/Cl)=CCS[C@H]12)c1csc(N)n1. The van der Waals surface area contributed by atoms with E-state index in [4.69, 9.17) is 26.9 Å². The molecule has 3 N–H and O–H groups in total. The maximum absolute atomic E-state index is 12.7. The van der Waals surface area contributed by atoms with Gasteiger partial charge in [0.05, 0.1) is 0 Å². The van der Waals surface area contributed by atoms with Gasteiger partial charge >= 0.3 is 5.97 Å². The molecule has 1 saturated heterocycles. The summed E-state index contributed by atoms with van der Waals surface area (Å²) in [4.78, 5) is 47.5. The maximum Gasteiger partial charge on any atom is 0.355 e. The van der Waals surface area contributed by atoms with Gasteiger partial charge in [-0.2, -0.15) is 0 Å². The third kappa shape index (κ3) is 4.38. The Hall–Kier alpha value is -2.57. The minimum Gasteiger partial charge on any atom is -0.457 e. The highest BCUT2D eigenvalue weighted by atomic mass is 35.5. The number of carbonyl (C=O) groups is 3. The zero-order valence-electron chi connectivity index (χ0n) is 15.0. The van der Waals surface area contributed by atoms with E-state index in [2.05, 4.69) is 15.5 Å². The number of hydrogen-bond acceptors (Lipinski definition) is 10. The van der Waals surface area contributed by atoms with Crippen molar-refractivity contribution < 1.29 is 24.0 Å². The number of halogens is 1. The number of thioether (sulfide) groups is 1. The molecule has 3 heterocycles. The van der Waals surface area contributed by atoms with Crippen LogP contribution in [0.25, 0.3) is 0 Å². The Balaban J connectivity index is 1.69. The molecule has 0 spiro atoms. The van der Waals surface area contributed by atoms with Gasteiger partial charge in [-0.05, 0) is 12.2 Å². The summed E-state index contributed by atoms with van der Waals surface area (Å²) >= 11 is 7.95. The molecule has 13 heteroatoms. The number of ether oxygens (including phenoxy) is 1. The molecule has 154 valence electrons. The highest BCUT2D eigenvalue weighted by Crippen LogP contribution is 2.37. The van der Waals surface area contributed by atoms with Crippen molar-refractivity contribution in [3.8, 4) is 0 Å². The van der Waals surface area contributed by atoms with Crippen LogP contribution in [0.1, 0.15) is 5.69 Å². The highest BCUT2D eigenvalue weighted by molar-refractivity contribution is 8.00. The van der Waals surface area contributed by atoms with Gasteiger partial charge in [0.2, 0.25) is 0 Å². The normalized spacial score (nSPS) is 21.3. The Kier molecular flexibility index (Phi) is 6.77. The molecule has 29 heavy (non-hydrogen) atoms. The minimum atomic E-state index is -0.829. The van der Waals surface area contributed by atoms with Gasteiger partial charge in [-0.1, -0.05) is 16.8 Å². The molecule has 1 fully saturated rings. The van der Waals surface area contributed by atoms with Gasteiger partial charge in [-0.15, -0.1) is 23.1 Å². The summed E-state index contributed by atoms with van der Waals surface area (Å²) in [5, 5.41) is 7.70. The number of esters is 1. The summed E-state index contributed by atoms with van der Waals surface area (Å²) in [6.45, 7) is -0.00665. The van der Waals surface area contributed by atoms with Gasteiger partial charge in [-0.3, -0.25) is 14.5 Å². The molecule has 2 aliphatic heterocycles. The molecule has 2 atom stereocenters. The number of β-lactam (4-membered cyclic amide) rings is 1. The second-order valence-electron chi connectivity index (χ2n) is 5.63. The summed E-state index contributed by atoms with van der Waals surface area (Å²) < 4.78 is 5.05. The van der Waals surface area contributed by atoms with E-state index in [0.717, 1.165) is 11.3 Å². The average Bonchev–Trinajstić information content (AvgIpc) is 3.15. The molecule has 1 aromatic heterocycles. The van der Waals surface area contributed by atoms with Gasteiger partial charge in [0.1, 0.15) is 36.5 Å². The number of carbonyl (C=O) groups excluding carboxylic acids is 3. The van der Waals surface area contributed by atoms with E-state index in [0.29, 0.717) is 5.75 Å². The standard InChI is InChI=1S/C16H16ClN5O5S2/c1-26-21-10(8-7-29-16(18)19-8)12(23)20-11-13(24)22-9(3-6-28-14(11)22)15(25)27-5-2-4-17/h2-4,7,11,14H,5-6H2,1H3,(H2,18,19)(H,20,23)/b4-2+,21-10-/t11?,14-/m1/s1. The molecule has 3 rings (SSSR count). The van der Waals surface area contributed by atoms with Gasteiger partial charge in [-0.25, -0.2) is 9.78 Å². The summed E-state index contributed by atoms with van der Waals surface area (Å²) in [6.07, 6.45) is 3.07. The fourth-order valence-electron chi connectivity index (χ4n) is 2.67. The van der Waals surface area contributed by atoms with Crippen LogP contribution in [0.4, 0.5) is 5.13 Å². The third-order valence-corrected chi connectivity index (χ3v) is 5.94. The van der Waals surface area contributed by atoms with E-state index < -0.39 is 29.2 Å². The predicted molar refractivity (Wildman–Crippen MR) is 109 cm³/mol. The monoisotopic (exact) mass is 457 g/mol. The van der Waals surface area contributed by atoms with Crippen LogP contribution in [0.15, 0.2) is 33.9 Å². The smallest absolute Gasteiger partial charge is 0.355 e. The number of aromatic nitrogens is 1. The Morgan fingerprint density at radius 2 is 2.34 bits per heavy atom. The number of nitrogens with two attached hydrogens (primary N) is 1. The number of hydrogen-bond donors (Lipinski definition) is 2. The number of rotatable bonds is 7. The Morgan fingerprint density at radius 3 is 3.00 bits per heavy atom. The van der Waals surface area contributed by atoms with Crippen LogP contribution < -0.4 is 11.1 Å². The summed E-state index contributed by atoms with van der Waals surface area (Å²) in [6, 6.07) is -0.829. The number of amides is 2. The molecule has 1 aromatic rings. The molecule has 10 nitrogen and oxygen atoms in total. The zero-order chi connectivity index (χ0) is 21.0. The Morgan fingerprint density at radius 1 is 1.55 bits per heavy atom. The molecule has 0 aromatic carbocycles. The summed E-state index contributed by atoms with van der Waals surface area (Å²) in [5.41, 5.74) is 7.12. The van der Waals surface area contributed by atoms with Crippen molar-refractivity contribution in [1.82, 2.24) is 15.2 Å². The first-order valence-electron chi connectivity index (χ1n) is 8.18. The van der Waals surface area contributed by atoms with E-state index >= 15 is 0 Å². The second-order valence-corrected chi connectivity index (χ2v) is 7.92. The number of nitrogens with one attached hydrogen (secondary N) is 1. The van der Waals surface area contributed by atoms with Crippen molar-refractivity contribution in [2.75, 3.05) is 25.2 Å². The fraction of sp³-hybridized carbons (Fsp3) is 0.312. The van der Waals surface area contributed by atoms with Crippen molar-refractivity contribution in [3.63, 3.8) is 0 Å².